The van der Waals surface area contributed by atoms with Gasteiger partial charge in [-0.1, -0.05) is 18.2 Å². The van der Waals surface area contributed by atoms with Gasteiger partial charge in [-0.15, -0.1) is 0 Å². The van der Waals surface area contributed by atoms with Gasteiger partial charge < -0.3 is 10.6 Å². The maximum atomic E-state index is 12.8. The topological polar surface area (TPSA) is 41.1 Å². The maximum Gasteiger partial charge on any atom is 0.247 e. The Labute approximate surface area is 110 Å². The zero-order valence-electron chi connectivity index (χ0n) is 10.2. The SMILES string of the molecule is O=C(Nc1ccc(F)cc1)C1Cc2ccccc2N1. The van der Waals surface area contributed by atoms with Crippen LogP contribution in [-0.4, -0.2) is 11.9 Å². The van der Waals surface area contributed by atoms with Gasteiger partial charge in [0.25, 0.3) is 0 Å². The van der Waals surface area contributed by atoms with E-state index in [9.17, 15) is 9.18 Å². The molecule has 1 atom stereocenters. The molecule has 3 rings (SSSR count). The summed E-state index contributed by atoms with van der Waals surface area (Å²) in [5.41, 5.74) is 2.74. The smallest absolute Gasteiger partial charge is 0.247 e. The number of carbonyl (C=O) groups excluding carboxylic acids is 1. The average Bonchev–Trinajstić information content (AvgIpc) is 2.85. The second-order valence-corrected chi connectivity index (χ2v) is 4.55. The van der Waals surface area contributed by atoms with Crippen LogP contribution in [0.4, 0.5) is 15.8 Å². The monoisotopic (exact) mass is 256 g/mol. The number of hydrogen-bond donors (Lipinski definition) is 2. The Kier molecular flexibility index (Phi) is 2.91. The van der Waals surface area contributed by atoms with Crippen molar-refractivity contribution in [2.45, 2.75) is 12.5 Å². The highest BCUT2D eigenvalue weighted by molar-refractivity contribution is 5.98. The minimum atomic E-state index is -0.315. The minimum Gasteiger partial charge on any atom is -0.373 e. The Balaban J connectivity index is 1.68. The fourth-order valence-electron chi connectivity index (χ4n) is 2.22. The molecular formula is C15H13FN2O. The molecule has 0 spiro atoms. The van der Waals surface area contributed by atoms with Crippen LogP contribution < -0.4 is 10.6 Å². The first kappa shape index (κ1) is 11.7. The molecule has 4 heteroatoms. The lowest BCUT2D eigenvalue weighted by Gasteiger charge is -2.11. The number of amides is 1. The van der Waals surface area contributed by atoms with Crippen molar-refractivity contribution in [1.82, 2.24) is 0 Å². The quantitative estimate of drug-likeness (QED) is 0.867. The van der Waals surface area contributed by atoms with Crippen LogP contribution in [0.1, 0.15) is 5.56 Å². The van der Waals surface area contributed by atoms with E-state index in [0.717, 1.165) is 11.3 Å². The van der Waals surface area contributed by atoms with Gasteiger partial charge in [-0.3, -0.25) is 4.79 Å². The number of fused-ring (bicyclic) bond motifs is 1. The molecule has 0 saturated heterocycles. The second-order valence-electron chi connectivity index (χ2n) is 4.55. The van der Waals surface area contributed by atoms with Gasteiger partial charge in [0.15, 0.2) is 0 Å². The molecule has 96 valence electrons. The van der Waals surface area contributed by atoms with Crippen LogP contribution in [0.15, 0.2) is 48.5 Å². The molecule has 1 aliphatic rings. The van der Waals surface area contributed by atoms with Crippen molar-refractivity contribution < 1.29 is 9.18 Å². The summed E-state index contributed by atoms with van der Waals surface area (Å²) < 4.78 is 12.8. The molecular weight excluding hydrogens is 243 g/mol. The number of anilines is 2. The van der Waals surface area contributed by atoms with E-state index in [-0.39, 0.29) is 17.8 Å². The molecule has 1 heterocycles. The minimum absolute atomic E-state index is 0.109. The lowest BCUT2D eigenvalue weighted by molar-refractivity contribution is -0.116. The number of carbonyl (C=O) groups is 1. The third-order valence-electron chi connectivity index (χ3n) is 3.20. The number of halogens is 1. The molecule has 1 amide bonds. The molecule has 3 nitrogen and oxygen atoms in total. The first-order chi connectivity index (χ1) is 9.22. The first-order valence-corrected chi connectivity index (χ1v) is 6.13. The fraction of sp³-hybridized carbons (Fsp3) is 0.133. The predicted molar refractivity (Wildman–Crippen MR) is 72.6 cm³/mol. The Bertz CT molecular complexity index is 585. The van der Waals surface area contributed by atoms with Crippen LogP contribution in [-0.2, 0) is 11.2 Å². The van der Waals surface area contributed by atoms with Gasteiger partial charge in [0.1, 0.15) is 11.9 Å². The summed E-state index contributed by atoms with van der Waals surface area (Å²) in [5.74, 6) is -0.424. The van der Waals surface area contributed by atoms with E-state index in [1.54, 1.807) is 12.1 Å². The van der Waals surface area contributed by atoms with Crippen LogP contribution in [0.2, 0.25) is 0 Å². The summed E-state index contributed by atoms with van der Waals surface area (Å²) in [7, 11) is 0. The third-order valence-corrected chi connectivity index (χ3v) is 3.20. The van der Waals surface area contributed by atoms with Crippen LogP contribution >= 0.6 is 0 Å². The molecule has 0 bridgehead atoms. The number of hydrogen-bond acceptors (Lipinski definition) is 2. The lowest BCUT2D eigenvalue weighted by Crippen LogP contribution is -2.32. The van der Waals surface area contributed by atoms with E-state index < -0.39 is 0 Å². The summed E-state index contributed by atoms with van der Waals surface area (Å²) in [6.45, 7) is 0. The number of para-hydroxylation sites is 1. The molecule has 2 N–H and O–H groups in total. The van der Waals surface area contributed by atoms with Crippen LogP contribution in [0, 0.1) is 5.82 Å². The zero-order valence-corrected chi connectivity index (χ0v) is 10.2. The molecule has 0 fully saturated rings. The van der Waals surface area contributed by atoms with Crippen molar-refractivity contribution in [1.29, 1.82) is 0 Å². The van der Waals surface area contributed by atoms with E-state index in [4.69, 9.17) is 0 Å². The highest BCUT2D eigenvalue weighted by Crippen LogP contribution is 2.25. The second kappa shape index (κ2) is 4.72. The standard InChI is InChI=1S/C15H13FN2O/c16-11-5-7-12(8-6-11)17-15(19)14-9-10-3-1-2-4-13(10)18-14/h1-8,14,18H,9H2,(H,17,19). The molecule has 0 saturated carbocycles. The Morgan fingerprint density at radius 1 is 1.16 bits per heavy atom. The fourth-order valence-corrected chi connectivity index (χ4v) is 2.22. The van der Waals surface area contributed by atoms with E-state index in [1.165, 1.54) is 12.1 Å². The van der Waals surface area contributed by atoms with Crippen molar-refractivity contribution in [3.05, 3.63) is 59.9 Å². The Hall–Kier alpha value is -2.36. The summed E-state index contributed by atoms with van der Waals surface area (Å²) in [6.07, 6.45) is 0.670. The average molecular weight is 256 g/mol. The molecule has 2 aromatic rings. The van der Waals surface area contributed by atoms with E-state index in [0.29, 0.717) is 12.1 Å². The normalized spacial score (nSPS) is 16.6. The molecule has 1 aliphatic heterocycles. The van der Waals surface area contributed by atoms with E-state index in [2.05, 4.69) is 10.6 Å². The van der Waals surface area contributed by atoms with Crippen LogP contribution in [0.3, 0.4) is 0 Å². The molecule has 19 heavy (non-hydrogen) atoms. The summed E-state index contributed by atoms with van der Waals surface area (Å²) in [4.78, 5) is 12.1. The van der Waals surface area contributed by atoms with E-state index >= 15 is 0 Å². The van der Waals surface area contributed by atoms with Crippen molar-refractivity contribution in [3.63, 3.8) is 0 Å². The summed E-state index contributed by atoms with van der Waals surface area (Å²) in [5, 5.41) is 5.96. The highest BCUT2D eigenvalue weighted by atomic mass is 19.1. The van der Waals surface area contributed by atoms with Crippen molar-refractivity contribution in [2.24, 2.45) is 0 Å². The highest BCUT2D eigenvalue weighted by Gasteiger charge is 2.26. The zero-order chi connectivity index (χ0) is 13.2. The van der Waals surface area contributed by atoms with Crippen LogP contribution in [0.25, 0.3) is 0 Å². The number of rotatable bonds is 2. The van der Waals surface area contributed by atoms with Crippen molar-refractivity contribution >= 4 is 17.3 Å². The molecule has 0 aliphatic carbocycles. The number of nitrogens with one attached hydrogen (secondary N) is 2. The lowest BCUT2D eigenvalue weighted by atomic mass is 10.1. The van der Waals surface area contributed by atoms with Crippen molar-refractivity contribution in [2.75, 3.05) is 10.6 Å². The number of benzene rings is 2. The van der Waals surface area contributed by atoms with Gasteiger partial charge in [-0.05, 0) is 35.9 Å². The Morgan fingerprint density at radius 3 is 2.63 bits per heavy atom. The molecule has 2 aromatic carbocycles. The van der Waals surface area contributed by atoms with Gasteiger partial charge >= 0.3 is 0 Å². The summed E-state index contributed by atoms with van der Waals surface area (Å²) in [6, 6.07) is 13.3. The summed E-state index contributed by atoms with van der Waals surface area (Å²) >= 11 is 0. The van der Waals surface area contributed by atoms with Gasteiger partial charge in [-0.2, -0.15) is 0 Å². The Morgan fingerprint density at radius 2 is 1.89 bits per heavy atom. The molecule has 0 aromatic heterocycles. The van der Waals surface area contributed by atoms with Gasteiger partial charge in [0, 0.05) is 17.8 Å². The third kappa shape index (κ3) is 2.42. The largest absolute Gasteiger partial charge is 0.373 e. The van der Waals surface area contributed by atoms with Crippen LogP contribution in [0.5, 0.6) is 0 Å². The predicted octanol–water partition coefficient (Wildman–Crippen LogP) is 2.80. The van der Waals surface area contributed by atoms with Gasteiger partial charge in [0.05, 0.1) is 0 Å². The van der Waals surface area contributed by atoms with Crippen molar-refractivity contribution in [3.8, 4) is 0 Å². The first-order valence-electron chi connectivity index (χ1n) is 6.13. The van der Waals surface area contributed by atoms with Gasteiger partial charge in [-0.25, -0.2) is 4.39 Å². The van der Waals surface area contributed by atoms with Gasteiger partial charge in [0.2, 0.25) is 5.91 Å². The van der Waals surface area contributed by atoms with E-state index in [1.807, 2.05) is 24.3 Å². The maximum absolute atomic E-state index is 12.8. The molecule has 1 unspecified atom stereocenters. The molecule has 0 radical (unpaired) electrons.